The van der Waals surface area contributed by atoms with E-state index in [-0.39, 0.29) is 69.6 Å². The van der Waals surface area contributed by atoms with Crippen LogP contribution in [0.1, 0.15) is 67.6 Å². The summed E-state index contributed by atoms with van der Waals surface area (Å²) in [6.07, 6.45) is 8.22. The van der Waals surface area contributed by atoms with E-state index >= 15 is 0 Å². The normalized spacial score (nSPS) is 21.6. The van der Waals surface area contributed by atoms with Crippen molar-refractivity contribution in [2.24, 2.45) is 22.9 Å². The van der Waals surface area contributed by atoms with Crippen molar-refractivity contribution in [2.75, 3.05) is 32.3 Å². The van der Waals surface area contributed by atoms with Crippen molar-refractivity contribution in [1.29, 1.82) is 0 Å². The van der Waals surface area contributed by atoms with Crippen LogP contribution in [-0.4, -0.2) is 71.1 Å². The lowest BCUT2D eigenvalue weighted by Crippen LogP contribution is -2.70. The van der Waals surface area contributed by atoms with Gasteiger partial charge in [-0.1, -0.05) is 145 Å². The fourth-order valence-electron chi connectivity index (χ4n) is 11.1. The number of aliphatic hydroxyl groups excluding tert-OH is 2. The SMILES string of the molecule is C=CCOC12Oc3ccc(Oc4ccc(-c5ccccc5)cc4)cc3C3C(CCCCO)C(CCCCO)C=C(C(=NOCc4ccccc4)CC1N(Cc1cccc4ccccc14)C(=O)OCCCl)C32. The molecule has 9 rings (SSSR count). The molecule has 0 bridgehead atoms. The van der Waals surface area contributed by atoms with E-state index in [0.717, 1.165) is 69.8 Å². The van der Waals surface area contributed by atoms with Gasteiger partial charge in [0.15, 0.2) is 0 Å². The quantitative estimate of drug-likeness (QED) is 0.0299. The number of fused-ring (bicyclic) bond motifs is 3. The van der Waals surface area contributed by atoms with Crippen LogP contribution in [0.2, 0.25) is 0 Å². The predicted octanol–water partition coefficient (Wildman–Crippen LogP) is 13.0. The fourth-order valence-corrected chi connectivity index (χ4v) is 11.2. The molecule has 6 atom stereocenters. The Labute approximate surface area is 422 Å². The average Bonchev–Trinajstić information content (AvgIpc) is 3.41. The summed E-state index contributed by atoms with van der Waals surface area (Å²) in [4.78, 5) is 23.0. The first-order valence-corrected chi connectivity index (χ1v) is 25.5. The lowest BCUT2D eigenvalue weighted by Gasteiger charge is -2.59. The van der Waals surface area contributed by atoms with E-state index in [0.29, 0.717) is 35.8 Å². The molecule has 11 heteroatoms. The van der Waals surface area contributed by atoms with Gasteiger partial charge in [0, 0.05) is 31.1 Å². The number of rotatable bonds is 22. The van der Waals surface area contributed by atoms with Gasteiger partial charge in [-0.2, -0.15) is 0 Å². The van der Waals surface area contributed by atoms with Gasteiger partial charge in [-0.3, -0.25) is 4.90 Å². The van der Waals surface area contributed by atoms with Gasteiger partial charge in [0.05, 0.1) is 30.7 Å². The van der Waals surface area contributed by atoms with Crippen molar-refractivity contribution < 1.29 is 38.8 Å². The topological polar surface area (TPSA) is 119 Å². The number of halogens is 1. The van der Waals surface area contributed by atoms with E-state index in [1.165, 1.54) is 0 Å². The summed E-state index contributed by atoms with van der Waals surface area (Å²) in [7, 11) is 0. The van der Waals surface area contributed by atoms with Gasteiger partial charge in [-0.15, -0.1) is 18.2 Å². The number of nitrogens with zero attached hydrogens (tertiary/aromatic N) is 2. The monoisotopic (exact) mass is 974 g/mol. The fraction of sp³-hybridized carbons (Fsp3) is 0.333. The highest BCUT2D eigenvalue weighted by molar-refractivity contribution is 6.18. The maximum Gasteiger partial charge on any atom is 0.410 e. The Morgan fingerprint density at radius 2 is 1.52 bits per heavy atom. The third kappa shape index (κ3) is 11.1. The first-order chi connectivity index (χ1) is 34.9. The van der Waals surface area contributed by atoms with Crippen molar-refractivity contribution in [3.63, 3.8) is 0 Å². The van der Waals surface area contributed by atoms with Crippen molar-refractivity contribution >= 4 is 34.2 Å². The lowest BCUT2D eigenvalue weighted by molar-refractivity contribution is -0.256. The maximum absolute atomic E-state index is 15.0. The number of carbonyl (C=O) groups is 1. The molecular weight excluding hydrogens is 912 g/mol. The molecule has 1 saturated carbocycles. The van der Waals surface area contributed by atoms with Crippen LogP contribution < -0.4 is 9.47 Å². The Kier molecular flexibility index (Phi) is 16.5. The van der Waals surface area contributed by atoms with Gasteiger partial charge in [-0.25, -0.2) is 4.79 Å². The van der Waals surface area contributed by atoms with E-state index in [9.17, 15) is 15.0 Å². The number of ether oxygens (including phenoxy) is 4. The van der Waals surface area contributed by atoms with E-state index in [4.69, 9.17) is 40.5 Å². The number of unbranched alkanes of at least 4 members (excludes halogenated alkanes) is 2. The van der Waals surface area contributed by atoms with Crippen LogP contribution in [0.25, 0.3) is 21.9 Å². The van der Waals surface area contributed by atoms with Crippen LogP contribution in [0.5, 0.6) is 17.2 Å². The number of alkyl halides is 1. The average molecular weight is 976 g/mol. The highest BCUT2D eigenvalue weighted by atomic mass is 35.5. The molecule has 3 aliphatic rings. The van der Waals surface area contributed by atoms with Crippen molar-refractivity contribution in [1.82, 2.24) is 4.90 Å². The molecule has 6 aromatic rings. The van der Waals surface area contributed by atoms with Gasteiger partial charge < -0.3 is 34.0 Å². The van der Waals surface area contributed by atoms with E-state index < -0.39 is 23.8 Å². The van der Waals surface area contributed by atoms with Crippen LogP contribution in [0.15, 0.2) is 175 Å². The van der Waals surface area contributed by atoms with E-state index in [2.05, 4.69) is 61.2 Å². The molecule has 1 amide bonds. The molecule has 6 aromatic carbocycles. The first kappa shape index (κ1) is 49.5. The van der Waals surface area contributed by atoms with Gasteiger partial charge >= 0.3 is 6.09 Å². The number of aliphatic hydroxyl groups is 2. The standard InChI is InChI=1S/C60H63ClN2O8/c1-2-35-68-60-56(63(59(66)67-36-32-61)40-47-23-15-22-45-20-9-10-24-50(45)47)39-54(62-69-41-42-16-5-3-6-17-42)52-37-46(21-11-13-33-64)51(25-12-14-34-65)57(58(52)60)53-38-49(30-31-55(53)71-60)70-48-28-26-44(27-29-48)43-18-7-4-8-19-43/h2-10,15-20,22-24,26-31,37-38,46,51,56-58,64-65H,1,11-14,21,25,32-36,39-41H2. The summed E-state index contributed by atoms with van der Waals surface area (Å²) < 4.78 is 27.4. The molecule has 1 aliphatic heterocycles. The summed E-state index contributed by atoms with van der Waals surface area (Å²) in [6, 6.07) is 47.7. The smallest absolute Gasteiger partial charge is 0.410 e. The molecule has 2 N–H and O–H groups in total. The minimum Gasteiger partial charge on any atom is -0.459 e. The van der Waals surface area contributed by atoms with Gasteiger partial charge in [0.25, 0.3) is 0 Å². The Hall–Kier alpha value is -6.43. The molecule has 0 aromatic heterocycles. The molecule has 1 fully saturated rings. The molecule has 0 radical (unpaired) electrons. The van der Waals surface area contributed by atoms with Crippen LogP contribution in [0.4, 0.5) is 4.79 Å². The van der Waals surface area contributed by atoms with Gasteiger partial charge in [-0.05, 0) is 106 Å². The zero-order valence-corrected chi connectivity index (χ0v) is 40.9. The summed E-state index contributed by atoms with van der Waals surface area (Å²) in [5, 5.41) is 27.3. The van der Waals surface area contributed by atoms with Crippen molar-refractivity contribution in [3.05, 3.63) is 187 Å². The number of benzene rings is 6. The van der Waals surface area contributed by atoms with Crippen LogP contribution >= 0.6 is 11.6 Å². The third-order valence-corrected chi connectivity index (χ3v) is 14.4. The summed E-state index contributed by atoms with van der Waals surface area (Å²) in [6.45, 7) is 4.80. The Bertz CT molecular complexity index is 2780. The van der Waals surface area contributed by atoms with Crippen molar-refractivity contribution in [3.8, 4) is 28.4 Å². The van der Waals surface area contributed by atoms with E-state index in [1.54, 1.807) is 11.0 Å². The molecule has 71 heavy (non-hydrogen) atoms. The summed E-state index contributed by atoms with van der Waals surface area (Å²) in [5.41, 5.74) is 6.67. The molecule has 1 heterocycles. The number of allylic oxidation sites excluding steroid dienone is 1. The zero-order valence-electron chi connectivity index (χ0n) is 40.1. The number of oxime groups is 1. The summed E-state index contributed by atoms with van der Waals surface area (Å²) >= 11 is 6.22. The molecule has 0 saturated heterocycles. The first-order valence-electron chi connectivity index (χ1n) is 25.0. The number of hydrogen-bond donors (Lipinski definition) is 2. The predicted molar refractivity (Wildman–Crippen MR) is 280 cm³/mol. The van der Waals surface area contributed by atoms with Crippen LogP contribution in [0.3, 0.4) is 0 Å². The second kappa shape index (κ2) is 23.7. The van der Waals surface area contributed by atoms with Crippen LogP contribution in [-0.2, 0) is 27.5 Å². The zero-order chi connectivity index (χ0) is 49.0. The second-order valence-electron chi connectivity index (χ2n) is 18.6. The summed E-state index contributed by atoms with van der Waals surface area (Å²) in [5.74, 6) is -0.143. The third-order valence-electron chi connectivity index (χ3n) is 14.2. The molecule has 6 unspecified atom stereocenters. The van der Waals surface area contributed by atoms with Crippen molar-refractivity contribution in [2.45, 2.75) is 75.8 Å². The number of amides is 1. The van der Waals surface area contributed by atoms with Crippen LogP contribution in [0, 0.1) is 17.8 Å². The Balaban J connectivity index is 1.23. The molecule has 2 aliphatic carbocycles. The lowest BCUT2D eigenvalue weighted by atomic mass is 9.55. The second-order valence-corrected chi connectivity index (χ2v) is 19.0. The Morgan fingerprint density at radius 3 is 2.28 bits per heavy atom. The van der Waals surface area contributed by atoms with Gasteiger partial charge in [0.1, 0.15) is 36.5 Å². The largest absolute Gasteiger partial charge is 0.459 e. The highest BCUT2D eigenvalue weighted by Crippen LogP contribution is 2.62. The molecule has 10 nitrogen and oxygen atoms in total. The minimum atomic E-state index is -1.50. The van der Waals surface area contributed by atoms with Gasteiger partial charge in [0.2, 0.25) is 5.79 Å². The Morgan fingerprint density at radius 1 is 0.817 bits per heavy atom. The number of carbonyl (C=O) groups excluding carboxylic acids is 1. The number of hydrogen-bond acceptors (Lipinski definition) is 9. The molecular formula is C60H63ClN2O8. The molecule has 0 spiro atoms. The minimum absolute atomic E-state index is 0.00189. The molecule has 368 valence electrons. The maximum atomic E-state index is 15.0. The van der Waals surface area contributed by atoms with E-state index in [1.807, 2.05) is 97.1 Å². The highest BCUT2D eigenvalue weighted by Gasteiger charge is 2.65.